The van der Waals surface area contributed by atoms with Crippen LogP contribution in [-0.4, -0.2) is 29.2 Å². The summed E-state index contributed by atoms with van der Waals surface area (Å²) in [6.07, 6.45) is -2.01. The van der Waals surface area contributed by atoms with Crippen LogP contribution < -0.4 is 9.64 Å². The molecule has 134 valence electrons. The molecule has 2 aromatic heterocycles. The first-order chi connectivity index (χ1) is 11.8. The number of hydrogen-bond acceptors (Lipinski definition) is 4. The van der Waals surface area contributed by atoms with Crippen molar-refractivity contribution in [1.29, 1.82) is 0 Å². The van der Waals surface area contributed by atoms with Gasteiger partial charge in [0.05, 0.1) is 5.56 Å². The first kappa shape index (κ1) is 17.5. The molecule has 0 bridgehead atoms. The van der Waals surface area contributed by atoms with Crippen LogP contribution in [0.5, 0.6) is 5.88 Å². The summed E-state index contributed by atoms with van der Waals surface area (Å²) in [6.45, 7) is 5.60. The molecule has 25 heavy (non-hydrogen) atoms. The molecule has 3 rings (SSSR count). The number of aromatic nitrogens is 2. The molecule has 0 aromatic carbocycles. The van der Waals surface area contributed by atoms with Crippen molar-refractivity contribution in [3.63, 3.8) is 0 Å². The van der Waals surface area contributed by atoms with Crippen LogP contribution in [0.2, 0.25) is 0 Å². The molecular weight excluding hydrogens is 331 g/mol. The molecule has 1 aliphatic rings. The molecule has 1 fully saturated rings. The molecule has 3 heterocycles. The van der Waals surface area contributed by atoms with Gasteiger partial charge in [-0.3, -0.25) is 4.98 Å². The number of piperidine rings is 1. The first-order valence-corrected chi connectivity index (χ1v) is 8.21. The lowest BCUT2D eigenvalue weighted by Crippen LogP contribution is -2.38. The molecule has 0 spiro atoms. The highest BCUT2D eigenvalue weighted by atomic mass is 19.4. The van der Waals surface area contributed by atoms with Gasteiger partial charge in [0.25, 0.3) is 0 Å². The average molecular weight is 351 g/mol. The molecule has 1 aliphatic heterocycles. The zero-order chi connectivity index (χ0) is 18.0. The zero-order valence-corrected chi connectivity index (χ0v) is 14.2. The van der Waals surface area contributed by atoms with Crippen molar-refractivity contribution < 1.29 is 17.9 Å². The van der Waals surface area contributed by atoms with E-state index in [2.05, 4.69) is 27.0 Å². The van der Waals surface area contributed by atoms with Crippen LogP contribution in [0, 0.1) is 13.8 Å². The van der Waals surface area contributed by atoms with Crippen LogP contribution in [-0.2, 0) is 6.18 Å². The van der Waals surface area contributed by atoms with Gasteiger partial charge in [0.15, 0.2) is 0 Å². The minimum atomic E-state index is -4.38. The summed E-state index contributed by atoms with van der Waals surface area (Å²) in [5, 5.41) is 0. The fraction of sp³-hybridized carbons (Fsp3) is 0.444. The lowest BCUT2D eigenvalue weighted by molar-refractivity contribution is -0.137. The Bertz CT molecular complexity index is 703. The van der Waals surface area contributed by atoms with Gasteiger partial charge in [-0.15, -0.1) is 0 Å². The van der Waals surface area contributed by atoms with Gasteiger partial charge in [0.1, 0.15) is 6.10 Å². The SMILES string of the molecule is Cc1cc(N2CCC(Oc3ccc(C(F)(F)F)cn3)CC2)cc(C)n1. The Balaban J connectivity index is 1.57. The molecular formula is C18H20F3N3O. The van der Waals surface area contributed by atoms with Gasteiger partial charge in [0, 0.05) is 55.3 Å². The van der Waals surface area contributed by atoms with E-state index >= 15 is 0 Å². The Hall–Kier alpha value is -2.31. The van der Waals surface area contributed by atoms with Crippen LogP contribution >= 0.6 is 0 Å². The predicted molar refractivity (Wildman–Crippen MR) is 88.8 cm³/mol. The molecule has 0 radical (unpaired) electrons. The monoisotopic (exact) mass is 351 g/mol. The summed E-state index contributed by atoms with van der Waals surface area (Å²) in [5.41, 5.74) is 2.36. The average Bonchev–Trinajstić information content (AvgIpc) is 2.54. The highest BCUT2D eigenvalue weighted by Gasteiger charge is 2.31. The molecule has 0 atom stereocenters. The van der Waals surface area contributed by atoms with Crippen molar-refractivity contribution in [3.05, 3.63) is 47.4 Å². The maximum absolute atomic E-state index is 12.5. The van der Waals surface area contributed by atoms with Gasteiger partial charge in [-0.25, -0.2) is 4.98 Å². The Morgan fingerprint density at radius 1 is 1.08 bits per heavy atom. The molecule has 0 unspecified atom stereocenters. The Kier molecular flexibility index (Phi) is 4.83. The number of pyridine rings is 2. The second kappa shape index (κ2) is 6.90. The Morgan fingerprint density at radius 3 is 2.24 bits per heavy atom. The summed E-state index contributed by atoms with van der Waals surface area (Å²) in [7, 11) is 0. The Labute approximate surface area is 144 Å². The van der Waals surface area contributed by atoms with Gasteiger partial charge >= 0.3 is 6.18 Å². The summed E-state index contributed by atoms with van der Waals surface area (Å²) in [5.74, 6) is 0.238. The molecule has 0 N–H and O–H groups in total. The van der Waals surface area contributed by atoms with Crippen LogP contribution in [0.25, 0.3) is 0 Å². The lowest BCUT2D eigenvalue weighted by atomic mass is 10.1. The van der Waals surface area contributed by atoms with Gasteiger partial charge in [0.2, 0.25) is 5.88 Å². The molecule has 0 aliphatic carbocycles. The number of ether oxygens (including phenoxy) is 1. The van der Waals surface area contributed by atoms with E-state index in [1.54, 1.807) is 0 Å². The van der Waals surface area contributed by atoms with Crippen LogP contribution in [0.4, 0.5) is 18.9 Å². The first-order valence-electron chi connectivity index (χ1n) is 8.21. The highest BCUT2D eigenvalue weighted by Crippen LogP contribution is 2.30. The molecule has 0 saturated carbocycles. The predicted octanol–water partition coefficient (Wildman–Crippen LogP) is 4.16. The Morgan fingerprint density at radius 2 is 1.72 bits per heavy atom. The number of anilines is 1. The molecule has 1 saturated heterocycles. The summed E-state index contributed by atoms with van der Waals surface area (Å²) in [6, 6.07) is 6.40. The van der Waals surface area contributed by atoms with E-state index in [1.165, 1.54) is 6.07 Å². The summed E-state index contributed by atoms with van der Waals surface area (Å²) in [4.78, 5) is 10.4. The number of rotatable bonds is 3. The highest BCUT2D eigenvalue weighted by molar-refractivity contribution is 5.48. The number of hydrogen-bond donors (Lipinski definition) is 0. The van der Waals surface area contributed by atoms with Gasteiger partial charge in [-0.1, -0.05) is 0 Å². The third-order valence-corrected chi connectivity index (χ3v) is 4.22. The minimum Gasteiger partial charge on any atom is -0.474 e. The van der Waals surface area contributed by atoms with Crippen molar-refractivity contribution in [2.45, 2.75) is 39.0 Å². The third-order valence-electron chi connectivity index (χ3n) is 4.22. The van der Waals surface area contributed by atoms with Gasteiger partial charge < -0.3 is 9.64 Å². The molecule has 2 aromatic rings. The van der Waals surface area contributed by atoms with E-state index in [0.717, 1.165) is 55.3 Å². The van der Waals surface area contributed by atoms with Crippen molar-refractivity contribution in [1.82, 2.24) is 9.97 Å². The number of alkyl halides is 3. The van der Waals surface area contributed by atoms with Crippen LogP contribution in [0.1, 0.15) is 29.8 Å². The molecule has 7 heteroatoms. The van der Waals surface area contributed by atoms with Crippen molar-refractivity contribution >= 4 is 5.69 Å². The van der Waals surface area contributed by atoms with Crippen molar-refractivity contribution in [3.8, 4) is 5.88 Å². The van der Waals surface area contributed by atoms with E-state index in [4.69, 9.17) is 4.74 Å². The van der Waals surface area contributed by atoms with Crippen LogP contribution in [0.3, 0.4) is 0 Å². The van der Waals surface area contributed by atoms with Crippen LogP contribution in [0.15, 0.2) is 30.5 Å². The number of nitrogens with zero attached hydrogens (tertiary/aromatic N) is 3. The molecule has 0 amide bonds. The molecule has 4 nitrogen and oxygen atoms in total. The van der Waals surface area contributed by atoms with E-state index in [9.17, 15) is 13.2 Å². The van der Waals surface area contributed by atoms with E-state index in [-0.39, 0.29) is 12.0 Å². The van der Waals surface area contributed by atoms with E-state index in [1.807, 2.05) is 13.8 Å². The lowest BCUT2D eigenvalue weighted by Gasteiger charge is -2.33. The quantitative estimate of drug-likeness (QED) is 0.832. The fourth-order valence-electron chi connectivity index (χ4n) is 3.02. The fourth-order valence-corrected chi connectivity index (χ4v) is 3.02. The van der Waals surface area contributed by atoms with Crippen molar-refractivity contribution in [2.24, 2.45) is 0 Å². The topological polar surface area (TPSA) is 38.2 Å². The maximum atomic E-state index is 12.5. The summed E-state index contributed by atoms with van der Waals surface area (Å²) < 4.78 is 43.4. The normalized spacial score (nSPS) is 16.1. The standard InChI is InChI=1S/C18H20F3N3O/c1-12-9-15(10-13(2)23-12)24-7-5-16(6-8-24)25-17-4-3-14(11-22-17)18(19,20)21/h3-4,9-11,16H,5-8H2,1-2H3. The second-order valence-electron chi connectivity index (χ2n) is 6.30. The second-order valence-corrected chi connectivity index (χ2v) is 6.30. The maximum Gasteiger partial charge on any atom is 0.417 e. The number of halogens is 3. The third kappa shape index (κ3) is 4.41. The zero-order valence-electron chi connectivity index (χ0n) is 14.2. The van der Waals surface area contributed by atoms with Gasteiger partial charge in [-0.05, 0) is 32.0 Å². The number of aryl methyl sites for hydroxylation is 2. The van der Waals surface area contributed by atoms with Crippen molar-refractivity contribution in [2.75, 3.05) is 18.0 Å². The smallest absolute Gasteiger partial charge is 0.417 e. The minimum absolute atomic E-state index is 0.0375. The largest absolute Gasteiger partial charge is 0.474 e. The summed E-state index contributed by atoms with van der Waals surface area (Å²) >= 11 is 0. The van der Waals surface area contributed by atoms with E-state index < -0.39 is 11.7 Å². The van der Waals surface area contributed by atoms with E-state index in [0.29, 0.717) is 0 Å². The van der Waals surface area contributed by atoms with Gasteiger partial charge in [-0.2, -0.15) is 13.2 Å².